The predicted molar refractivity (Wildman–Crippen MR) is 97.9 cm³/mol. The molecule has 0 aromatic rings. The zero-order valence-corrected chi connectivity index (χ0v) is 16.5. The fourth-order valence-corrected chi connectivity index (χ4v) is 7.96. The van der Waals surface area contributed by atoms with Gasteiger partial charge in [-0.25, -0.2) is 0 Å². The Morgan fingerprint density at radius 2 is 1.00 bits per heavy atom. The molecule has 110 valence electrons. The number of thioether (sulfide) groups is 2. The second kappa shape index (κ2) is 8.63. The molecule has 0 aromatic carbocycles. The molecule has 0 bridgehead atoms. The molecule has 0 aliphatic rings. The fourth-order valence-electron chi connectivity index (χ4n) is 1.96. The van der Waals surface area contributed by atoms with Gasteiger partial charge in [0.25, 0.3) is 0 Å². The fraction of sp³-hybridized carbons (Fsp3) is 1.00. The van der Waals surface area contributed by atoms with Crippen LogP contribution in [0, 0.1) is 11.8 Å². The van der Waals surface area contributed by atoms with E-state index in [0.717, 1.165) is 11.8 Å². The molecule has 0 spiro atoms. The first-order valence-corrected chi connectivity index (χ1v) is 11.2. The summed E-state index contributed by atoms with van der Waals surface area (Å²) in [6.45, 7) is 14.1. The molecule has 0 fully saturated rings. The molecule has 2 unspecified atom stereocenters. The minimum atomic E-state index is 0.340. The lowest BCUT2D eigenvalue weighted by Crippen LogP contribution is -2.21. The van der Waals surface area contributed by atoms with Gasteiger partial charge in [0.1, 0.15) is 0 Å². The molecule has 0 saturated carbocycles. The maximum absolute atomic E-state index is 2.39. The van der Waals surface area contributed by atoms with Gasteiger partial charge in [-0.2, -0.15) is 0 Å². The van der Waals surface area contributed by atoms with Crippen LogP contribution in [0.25, 0.3) is 0 Å². The molecule has 0 N–H and O–H groups in total. The van der Waals surface area contributed by atoms with E-state index in [1.807, 2.05) is 23.5 Å². The van der Waals surface area contributed by atoms with Crippen molar-refractivity contribution in [3.05, 3.63) is 0 Å². The molecule has 0 nitrogen and oxygen atoms in total. The highest BCUT2D eigenvalue weighted by atomic mass is 33.1. The number of hydrogen-bond acceptors (Lipinski definition) is 4. The van der Waals surface area contributed by atoms with Crippen molar-refractivity contribution < 1.29 is 0 Å². The Labute approximate surface area is 131 Å². The van der Waals surface area contributed by atoms with Gasteiger partial charge in [0, 0.05) is 0 Å². The van der Waals surface area contributed by atoms with Crippen LogP contribution in [0.1, 0.15) is 54.4 Å². The van der Waals surface area contributed by atoms with E-state index in [0.29, 0.717) is 8.16 Å². The standard InChI is InChI=1S/C14H30S4/c1-11(2)9-13(5,15-7)17-18-14(6,16-8)10-12(3)4/h11-12H,9-10H2,1-8H3. The van der Waals surface area contributed by atoms with Crippen molar-refractivity contribution in [2.45, 2.75) is 62.5 Å². The summed E-state index contributed by atoms with van der Waals surface area (Å²) in [5.74, 6) is 1.53. The zero-order valence-electron chi connectivity index (χ0n) is 13.2. The Bertz CT molecular complexity index is 206. The van der Waals surface area contributed by atoms with Crippen LogP contribution >= 0.6 is 45.1 Å². The molecule has 18 heavy (non-hydrogen) atoms. The van der Waals surface area contributed by atoms with E-state index in [4.69, 9.17) is 0 Å². The highest BCUT2D eigenvalue weighted by Crippen LogP contribution is 2.55. The number of hydrogen-bond donors (Lipinski definition) is 0. The van der Waals surface area contributed by atoms with E-state index in [9.17, 15) is 0 Å². The van der Waals surface area contributed by atoms with Crippen molar-refractivity contribution in [1.29, 1.82) is 0 Å². The normalized spacial score (nSPS) is 19.0. The summed E-state index contributed by atoms with van der Waals surface area (Å²) in [4.78, 5) is 0. The minimum absolute atomic E-state index is 0.340. The van der Waals surface area contributed by atoms with Crippen LogP contribution in [0.5, 0.6) is 0 Å². The number of rotatable bonds is 9. The maximum atomic E-state index is 2.39. The summed E-state index contributed by atoms with van der Waals surface area (Å²) in [6, 6.07) is 0. The van der Waals surface area contributed by atoms with Gasteiger partial charge in [-0.05, 0) is 51.0 Å². The minimum Gasteiger partial charge on any atom is -0.147 e. The third-order valence-corrected chi connectivity index (χ3v) is 10.6. The predicted octanol–water partition coefficient (Wildman–Crippen LogP) is 6.62. The molecular weight excluding hydrogens is 296 g/mol. The Hall–Kier alpha value is 1.40. The maximum Gasteiger partial charge on any atom is 0.0686 e. The van der Waals surface area contributed by atoms with E-state index < -0.39 is 0 Å². The van der Waals surface area contributed by atoms with E-state index >= 15 is 0 Å². The van der Waals surface area contributed by atoms with Gasteiger partial charge >= 0.3 is 0 Å². The molecule has 0 rings (SSSR count). The molecule has 0 heterocycles. The molecule has 0 amide bonds. The van der Waals surface area contributed by atoms with Crippen LogP contribution in [0.3, 0.4) is 0 Å². The average molecular weight is 327 g/mol. The summed E-state index contributed by atoms with van der Waals surface area (Å²) in [7, 11) is 4.17. The van der Waals surface area contributed by atoms with Crippen LogP contribution in [0.15, 0.2) is 0 Å². The van der Waals surface area contributed by atoms with Gasteiger partial charge in [0.05, 0.1) is 8.16 Å². The molecule has 0 aliphatic carbocycles. The average Bonchev–Trinajstić information content (AvgIpc) is 2.25. The lowest BCUT2D eigenvalue weighted by Gasteiger charge is -2.34. The van der Waals surface area contributed by atoms with Gasteiger partial charge < -0.3 is 0 Å². The van der Waals surface area contributed by atoms with E-state index in [-0.39, 0.29) is 0 Å². The van der Waals surface area contributed by atoms with E-state index in [2.05, 4.69) is 75.6 Å². The van der Waals surface area contributed by atoms with Crippen LogP contribution < -0.4 is 0 Å². The van der Waals surface area contributed by atoms with Crippen molar-refractivity contribution in [2.75, 3.05) is 12.5 Å². The lowest BCUT2D eigenvalue weighted by atomic mass is 10.1. The highest BCUT2D eigenvalue weighted by molar-refractivity contribution is 8.80. The SMILES string of the molecule is CSC(C)(CC(C)C)SSC(C)(CC(C)C)SC. The van der Waals surface area contributed by atoms with Crippen LogP contribution in [-0.4, -0.2) is 20.7 Å². The topological polar surface area (TPSA) is 0 Å². The summed E-state index contributed by atoms with van der Waals surface area (Å²) in [6.07, 6.45) is 7.04. The first-order chi connectivity index (χ1) is 8.16. The molecule has 0 aliphatic heterocycles. The molecule has 4 heteroatoms. The Morgan fingerprint density at radius 1 is 0.722 bits per heavy atom. The summed E-state index contributed by atoms with van der Waals surface area (Å²) >= 11 is 4.01. The summed E-state index contributed by atoms with van der Waals surface area (Å²) in [5, 5.41) is 0. The Kier molecular flexibility index (Phi) is 9.31. The van der Waals surface area contributed by atoms with E-state index in [1.165, 1.54) is 12.8 Å². The highest BCUT2D eigenvalue weighted by Gasteiger charge is 2.32. The Balaban J connectivity index is 4.48. The summed E-state index contributed by atoms with van der Waals surface area (Å²) < 4.78 is 0.680. The molecule has 0 radical (unpaired) electrons. The van der Waals surface area contributed by atoms with Crippen molar-refractivity contribution in [3.63, 3.8) is 0 Å². The van der Waals surface area contributed by atoms with Gasteiger partial charge in [0.2, 0.25) is 0 Å². The van der Waals surface area contributed by atoms with Crippen LogP contribution in [-0.2, 0) is 0 Å². The first kappa shape index (κ1) is 19.4. The monoisotopic (exact) mass is 326 g/mol. The largest absolute Gasteiger partial charge is 0.147 e. The lowest BCUT2D eigenvalue weighted by molar-refractivity contribution is 0.564. The van der Waals surface area contributed by atoms with Crippen molar-refractivity contribution in [1.82, 2.24) is 0 Å². The smallest absolute Gasteiger partial charge is 0.0686 e. The first-order valence-electron chi connectivity index (χ1n) is 6.63. The third-order valence-electron chi connectivity index (χ3n) is 2.82. The van der Waals surface area contributed by atoms with Gasteiger partial charge in [-0.3, -0.25) is 0 Å². The Morgan fingerprint density at radius 3 is 1.17 bits per heavy atom. The van der Waals surface area contributed by atoms with E-state index in [1.54, 1.807) is 0 Å². The third kappa shape index (κ3) is 7.86. The molecular formula is C14H30S4. The molecule has 0 saturated heterocycles. The van der Waals surface area contributed by atoms with Crippen LogP contribution in [0.4, 0.5) is 0 Å². The summed E-state index contributed by atoms with van der Waals surface area (Å²) in [5.41, 5.74) is 0. The van der Waals surface area contributed by atoms with Crippen LogP contribution in [0.2, 0.25) is 0 Å². The van der Waals surface area contributed by atoms with Gasteiger partial charge in [0.15, 0.2) is 0 Å². The molecule has 2 atom stereocenters. The van der Waals surface area contributed by atoms with Gasteiger partial charge in [-0.15, -0.1) is 23.5 Å². The van der Waals surface area contributed by atoms with Crippen molar-refractivity contribution in [3.8, 4) is 0 Å². The van der Waals surface area contributed by atoms with Gasteiger partial charge in [-0.1, -0.05) is 49.3 Å². The quantitative estimate of drug-likeness (QED) is 0.345. The van der Waals surface area contributed by atoms with Crippen molar-refractivity contribution >= 4 is 45.1 Å². The zero-order chi connectivity index (χ0) is 14.4. The second-order valence-electron chi connectivity index (χ2n) is 6.04. The second-order valence-corrected chi connectivity index (χ2v) is 12.3. The van der Waals surface area contributed by atoms with Crippen molar-refractivity contribution in [2.24, 2.45) is 11.8 Å². The molecule has 0 aromatic heterocycles.